The van der Waals surface area contributed by atoms with Crippen molar-refractivity contribution in [1.29, 1.82) is 0 Å². The van der Waals surface area contributed by atoms with Crippen molar-refractivity contribution < 1.29 is 4.74 Å². The number of rotatable bonds is 7. The number of aryl methyl sites for hydroxylation is 1. The monoisotopic (exact) mass is 349 g/mol. The molecule has 0 bridgehead atoms. The van der Waals surface area contributed by atoms with Gasteiger partial charge in [0.25, 0.3) is 0 Å². The van der Waals surface area contributed by atoms with Gasteiger partial charge in [-0.3, -0.25) is 0 Å². The lowest BCUT2D eigenvalue weighted by Crippen LogP contribution is -2.41. The lowest BCUT2D eigenvalue weighted by molar-refractivity contribution is 0.306. The molecule has 0 spiro atoms. The van der Waals surface area contributed by atoms with Gasteiger partial charge in [-0.25, -0.2) is 0 Å². The van der Waals surface area contributed by atoms with Crippen LogP contribution in [-0.4, -0.2) is 13.1 Å². The summed E-state index contributed by atoms with van der Waals surface area (Å²) in [6.07, 6.45) is 3.72. The minimum Gasteiger partial charge on any atom is -0.489 e. The van der Waals surface area contributed by atoms with Crippen LogP contribution in [0.15, 0.2) is 42.5 Å². The first kappa shape index (κ1) is 16.6. The smallest absolute Gasteiger partial charge is 0.119 e. The lowest BCUT2D eigenvalue weighted by atomic mass is 9.95. The summed E-state index contributed by atoms with van der Waals surface area (Å²) in [6, 6.07) is 14.0. The second-order valence-electron chi connectivity index (χ2n) is 6.10. The molecule has 0 aromatic heterocycles. The minimum atomic E-state index is 0.491. The Morgan fingerprint density at radius 1 is 0.957 bits per heavy atom. The van der Waals surface area contributed by atoms with Crippen molar-refractivity contribution in [3.8, 4) is 5.75 Å². The fraction of sp³-hybridized carbons (Fsp3) is 0.368. The first-order chi connectivity index (χ1) is 11.2. The van der Waals surface area contributed by atoms with E-state index < -0.39 is 0 Å². The molecule has 0 unspecified atom stereocenters. The Balaban J connectivity index is 1.45. The van der Waals surface area contributed by atoms with Gasteiger partial charge in [-0.1, -0.05) is 41.4 Å². The Labute approximate surface area is 147 Å². The van der Waals surface area contributed by atoms with Crippen molar-refractivity contribution in [3.63, 3.8) is 0 Å². The number of hydrogen-bond donors (Lipinski definition) is 1. The average molecular weight is 350 g/mol. The molecule has 0 aliphatic carbocycles. The number of hydrogen-bond acceptors (Lipinski definition) is 2. The molecule has 1 aliphatic rings. The van der Waals surface area contributed by atoms with Crippen molar-refractivity contribution >= 4 is 23.2 Å². The van der Waals surface area contributed by atoms with Gasteiger partial charge >= 0.3 is 0 Å². The molecule has 0 atom stereocenters. The summed E-state index contributed by atoms with van der Waals surface area (Å²) in [5, 5.41) is 4.45. The van der Waals surface area contributed by atoms with E-state index in [1.165, 1.54) is 31.5 Å². The van der Waals surface area contributed by atoms with Crippen LogP contribution in [0.4, 0.5) is 0 Å². The Morgan fingerprint density at radius 2 is 1.70 bits per heavy atom. The van der Waals surface area contributed by atoms with E-state index >= 15 is 0 Å². The molecule has 0 radical (unpaired) electrons. The molecule has 1 fully saturated rings. The topological polar surface area (TPSA) is 21.3 Å². The highest BCUT2D eigenvalue weighted by Gasteiger charge is 2.15. The standard InChI is InChI=1S/C19H21Cl2NO/c20-18-9-6-15(10-19(18)21)13-23-17-7-4-14(5-8-17)2-1-3-16-11-22-12-16/h4-10,16,22H,1-3,11-13H2. The summed E-state index contributed by atoms with van der Waals surface area (Å²) in [5.41, 5.74) is 2.39. The van der Waals surface area contributed by atoms with E-state index in [1.54, 1.807) is 6.07 Å². The second kappa shape index (κ2) is 8.05. The third-order valence-corrected chi connectivity index (χ3v) is 5.00. The minimum absolute atomic E-state index is 0.491. The van der Waals surface area contributed by atoms with E-state index in [4.69, 9.17) is 27.9 Å². The molecule has 2 aromatic carbocycles. The van der Waals surface area contributed by atoms with Crippen molar-refractivity contribution in [2.75, 3.05) is 13.1 Å². The largest absolute Gasteiger partial charge is 0.489 e. The molecular formula is C19H21Cl2NO. The van der Waals surface area contributed by atoms with Crippen LogP contribution in [-0.2, 0) is 13.0 Å². The highest BCUT2D eigenvalue weighted by Crippen LogP contribution is 2.23. The van der Waals surface area contributed by atoms with E-state index in [0.717, 1.165) is 23.7 Å². The molecule has 1 heterocycles. The van der Waals surface area contributed by atoms with E-state index in [9.17, 15) is 0 Å². The van der Waals surface area contributed by atoms with Gasteiger partial charge in [0, 0.05) is 0 Å². The average Bonchev–Trinajstić information content (AvgIpc) is 2.52. The van der Waals surface area contributed by atoms with Crippen LogP contribution in [0.25, 0.3) is 0 Å². The summed E-state index contributed by atoms with van der Waals surface area (Å²) >= 11 is 11.9. The van der Waals surface area contributed by atoms with Crippen molar-refractivity contribution in [2.45, 2.75) is 25.9 Å². The first-order valence-corrected chi connectivity index (χ1v) is 8.83. The number of ether oxygens (including phenoxy) is 1. The van der Waals surface area contributed by atoms with E-state index in [-0.39, 0.29) is 0 Å². The summed E-state index contributed by atoms with van der Waals surface area (Å²) in [4.78, 5) is 0. The molecule has 3 rings (SSSR count). The van der Waals surface area contributed by atoms with Gasteiger partial charge in [0.05, 0.1) is 10.0 Å². The summed E-state index contributed by atoms with van der Waals surface area (Å²) in [6.45, 7) is 2.88. The molecule has 122 valence electrons. The zero-order valence-electron chi connectivity index (χ0n) is 13.0. The third kappa shape index (κ3) is 4.87. The molecule has 2 nitrogen and oxygen atoms in total. The zero-order valence-corrected chi connectivity index (χ0v) is 14.5. The summed E-state index contributed by atoms with van der Waals surface area (Å²) < 4.78 is 5.80. The fourth-order valence-corrected chi connectivity index (χ4v) is 3.02. The molecule has 1 N–H and O–H groups in total. The molecule has 2 aromatic rings. The predicted octanol–water partition coefficient (Wildman–Crippen LogP) is 5.11. The highest BCUT2D eigenvalue weighted by molar-refractivity contribution is 6.42. The normalized spacial score (nSPS) is 14.5. The maximum atomic E-state index is 6.01. The second-order valence-corrected chi connectivity index (χ2v) is 6.91. The molecular weight excluding hydrogens is 329 g/mol. The third-order valence-electron chi connectivity index (χ3n) is 4.26. The van der Waals surface area contributed by atoms with Crippen LogP contribution < -0.4 is 10.1 Å². The van der Waals surface area contributed by atoms with Gasteiger partial charge in [-0.2, -0.15) is 0 Å². The van der Waals surface area contributed by atoms with Crippen LogP contribution in [0, 0.1) is 5.92 Å². The zero-order chi connectivity index (χ0) is 16.1. The molecule has 23 heavy (non-hydrogen) atoms. The van der Waals surface area contributed by atoms with Crippen molar-refractivity contribution in [3.05, 3.63) is 63.6 Å². The Morgan fingerprint density at radius 3 is 2.35 bits per heavy atom. The molecule has 0 saturated carbocycles. The number of benzene rings is 2. The van der Waals surface area contributed by atoms with Crippen LogP contribution in [0.5, 0.6) is 5.75 Å². The van der Waals surface area contributed by atoms with Gasteiger partial charge in [0.2, 0.25) is 0 Å². The Hall–Kier alpha value is -1.22. The molecule has 0 amide bonds. The Kier molecular flexibility index (Phi) is 5.82. The maximum absolute atomic E-state index is 6.01. The quantitative estimate of drug-likeness (QED) is 0.749. The number of halogens is 2. The fourth-order valence-electron chi connectivity index (χ4n) is 2.70. The number of nitrogens with one attached hydrogen (secondary N) is 1. The maximum Gasteiger partial charge on any atom is 0.119 e. The highest BCUT2D eigenvalue weighted by atomic mass is 35.5. The molecule has 4 heteroatoms. The van der Waals surface area contributed by atoms with Gasteiger partial charge < -0.3 is 10.1 Å². The van der Waals surface area contributed by atoms with E-state index in [1.807, 2.05) is 24.3 Å². The van der Waals surface area contributed by atoms with Gasteiger partial charge in [0.15, 0.2) is 0 Å². The lowest BCUT2D eigenvalue weighted by Gasteiger charge is -2.26. The summed E-state index contributed by atoms with van der Waals surface area (Å²) in [5.74, 6) is 1.77. The first-order valence-electron chi connectivity index (χ1n) is 8.07. The van der Waals surface area contributed by atoms with E-state index in [2.05, 4.69) is 17.4 Å². The van der Waals surface area contributed by atoms with Crippen LogP contribution >= 0.6 is 23.2 Å². The van der Waals surface area contributed by atoms with Crippen molar-refractivity contribution in [2.24, 2.45) is 5.92 Å². The molecule has 1 aliphatic heterocycles. The van der Waals surface area contributed by atoms with Crippen LogP contribution in [0.1, 0.15) is 24.0 Å². The van der Waals surface area contributed by atoms with E-state index in [0.29, 0.717) is 16.7 Å². The van der Waals surface area contributed by atoms with Crippen LogP contribution in [0.2, 0.25) is 10.0 Å². The van der Waals surface area contributed by atoms with Crippen LogP contribution in [0.3, 0.4) is 0 Å². The molecule has 1 saturated heterocycles. The van der Waals surface area contributed by atoms with Gasteiger partial charge in [-0.15, -0.1) is 0 Å². The predicted molar refractivity (Wildman–Crippen MR) is 96.5 cm³/mol. The summed E-state index contributed by atoms with van der Waals surface area (Å²) in [7, 11) is 0. The van der Waals surface area contributed by atoms with Crippen molar-refractivity contribution in [1.82, 2.24) is 5.32 Å². The Bertz CT molecular complexity index is 638. The van der Waals surface area contributed by atoms with Gasteiger partial charge in [0.1, 0.15) is 12.4 Å². The van der Waals surface area contributed by atoms with Gasteiger partial charge in [-0.05, 0) is 73.7 Å². The SMILES string of the molecule is Clc1ccc(COc2ccc(CCCC3CNC3)cc2)cc1Cl.